The highest BCUT2D eigenvalue weighted by atomic mass is 16.5. The molecular formula is C11H18N4O. The third-order valence-corrected chi connectivity index (χ3v) is 3.10. The molecule has 88 valence electrons. The van der Waals surface area contributed by atoms with Gasteiger partial charge in [-0.15, -0.1) is 0 Å². The first-order valence-corrected chi connectivity index (χ1v) is 5.58. The van der Waals surface area contributed by atoms with Crippen LogP contribution in [0.5, 0.6) is 0 Å². The van der Waals surface area contributed by atoms with Crippen LogP contribution in [0.1, 0.15) is 19.0 Å². The topological polar surface area (TPSA) is 64.3 Å². The van der Waals surface area contributed by atoms with Crippen LogP contribution in [0.15, 0.2) is 12.4 Å². The zero-order chi connectivity index (χ0) is 11.5. The van der Waals surface area contributed by atoms with Crippen molar-refractivity contribution in [1.82, 2.24) is 9.97 Å². The number of ether oxygens (including phenoxy) is 1. The standard InChI is InChI=1S/C11H18N4O/c1-8-10(3-4-16-8)15(2)11-7-13-9(5-12)6-14-11/h6-8,10H,3-5,12H2,1-2H3. The van der Waals surface area contributed by atoms with Crippen molar-refractivity contribution in [3.8, 4) is 0 Å². The maximum absolute atomic E-state index is 5.54. The fourth-order valence-corrected chi connectivity index (χ4v) is 2.03. The van der Waals surface area contributed by atoms with Gasteiger partial charge in [-0.2, -0.15) is 0 Å². The lowest BCUT2D eigenvalue weighted by atomic mass is 10.1. The van der Waals surface area contributed by atoms with Crippen molar-refractivity contribution in [3.05, 3.63) is 18.1 Å². The van der Waals surface area contributed by atoms with Crippen LogP contribution < -0.4 is 10.6 Å². The number of anilines is 1. The molecule has 0 aliphatic carbocycles. The Hall–Kier alpha value is -1.20. The summed E-state index contributed by atoms with van der Waals surface area (Å²) in [5.41, 5.74) is 6.30. The summed E-state index contributed by atoms with van der Waals surface area (Å²) in [6.07, 6.45) is 4.79. The average molecular weight is 222 g/mol. The number of nitrogens with zero attached hydrogens (tertiary/aromatic N) is 3. The van der Waals surface area contributed by atoms with Crippen molar-refractivity contribution in [2.45, 2.75) is 32.0 Å². The largest absolute Gasteiger partial charge is 0.376 e. The first-order chi connectivity index (χ1) is 7.72. The van der Waals surface area contributed by atoms with Gasteiger partial charge in [-0.25, -0.2) is 4.98 Å². The van der Waals surface area contributed by atoms with Gasteiger partial charge in [0.25, 0.3) is 0 Å². The molecule has 1 saturated heterocycles. The minimum atomic E-state index is 0.251. The third kappa shape index (κ3) is 2.15. The molecule has 1 aliphatic heterocycles. The summed E-state index contributed by atoms with van der Waals surface area (Å²) in [6.45, 7) is 3.35. The monoisotopic (exact) mass is 222 g/mol. The van der Waals surface area contributed by atoms with Gasteiger partial charge >= 0.3 is 0 Å². The highest BCUT2D eigenvalue weighted by Crippen LogP contribution is 2.22. The Morgan fingerprint density at radius 2 is 2.31 bits per heavy atom. The van der Waals surface area contributed by atoms with Gasteiger partial charge in [0.1, 0.15) is 5.82 Å². The molecule has 1 aromatic heterocycles. The van der Waals surface area contributed by atoms with E-state index >= 15 is 0 Å². The molecule has 0 spiro atoms. The van der Waals surface area contributed by atoms with Gasteiger partial charge < -0.3 is 15.4 Å². The molecule has 0 aromatic carbocycles. The molecule has 2 rings (SSSR count). The van der Waals surface area contributed by atoms with Gasteiger partial charge in [0.2, 0.25) is 0 Å². The Balaban J connectivity index is 2.10. The quantitative estimate of drug-likeness (QED) is 0.809. The molecule has 16 heavy (non-hydrogen) atoms. The Morgan fingerprint density at radius 1 is 1.50 bits per heavy atom. The summed E-state index contributed by atoms with van der Waals surface area (Å²) in [5.74, 6) is 0.875. The Bertz CT molecular complexity index is 340. The number of aromatic nitrogens is 2. The van der Waals surface area contributed by atoms with E-state index < -0.39 is 0 Å². The Kier molecular flexibility index (Phi) is 3.36. The molecule has 1 aliphatic rings. The zero-order valence-corrected chi connectivity index (χ0v) is 9.76. The fourth-order valence-electron chi connectivity index (χ4n) is 2.03. The van der Waals surface area contributed by atoms with Gasteiger partial charge in [-0.1, -0.05) is 0 Å². The summed E-state index contributed by atoms with van der Waals surface area (Å²) >= 11 is 0. The van der Waals surface area contributed by atoms with Crippen molar-refractivity contribution in [2.24, 2.45) is 5.73 Å². The van der Waals surface area contributed by atoms with Crippen molar-refractivity contribution in [1.29, 1.82) is 0 Å². The third-order valence-electron chi connectivity index (χ3n) is 3.10. The van der Waals surface area contributed by atoms with E-state index in [1.807, 2.05) is 7.05 Å². The number of rotatable bonds is 3. The van der Waals surface area contributed by atoms with Crippen molar-refractivity contribution < 1.29 is 4.74 Å². The molecule has 0 bridgehead atoms. The number of hydrogen-bond acceptors (Lipinski definition) is 5. The van der Waals surface area contributed by atoms with Gasteiger partial charge in [-0.3, -0.25) is 4.98 Å². The summed E-state index contributed by atoms with van der Waals surface area (Å²) in [6, 6.07) is 0.387. The highest BCUT2D eigenvalue weighted by molar-refractivity contribution is 5.36. The van der Waals surface area contributed by atoms with E-state index in [1.165, 1.54) is 0 Å². The summed E-state index contributed by atoms with van der Waals surface area (Å²) in [7, 11) is 2.03. The summed E-state index contributed by atoms with van der Waals surface area (Å²) in [5, 5.41) is 0. The average Bonchev–Trinajstić information content (AvgIpc) is 2.75. The molecule has 1 fully saturated rings. The first kappa shape index (κ1) is 11.3. The van der Waals surface area contributed by atoms with Crippen LogP contribution in [-0.4, -0.2) is 35.8 Å². The number of likely N-dealkylation sites (N-methyl/N-ethyl adjacent to an activating group) is 1. The van der Waals surface area contributed by atoms with Crippen LogP contribution in [0.4, 0.5) is 5.82 Å². The second-order valence-corrected chi connectivity index (χ2v) is 4.11. The van der Waals surface area contributed by atoms with E-state index in [4.69, 9.17) is 10.5 Å². The van der Waals surface area contributed by atoms with Crippen molar-refractivity contribution in [3.63, 3.8) is 0 Å². The van der Waals surface area contributed by atoms with Crippen molar-refractivity contribution >= 4 is 5.82 Å². The molecule has 0 saturated carbocycles. The van der Waals surface area contributed by atoms with E-state index in [1.54, 1.807) is 12.4 Å². The lowest BCUT2D eigenvalue weighted by Crippen LogP contribution is -2.37. The minimum Gasteiger partial charge on any atom is -0.376 e. The van der Waals surface area contributed by atoms with Gasteiger partial charge in [0, 0.05) is 20.2 Å². The van der Waals surface area contributed by atoms with E-state index in [-0.39, 0.29) is 6.10 Å². The molecule has 0 amide bonds. The molecule has 2 atom stereocenters. The zero-order valence-electron chi connectivity index (χ0n) is 9.76. The molecule has 5 heteroatoms. The van der Waals surface area contributed by atoms with E-state index in [0.717, 1.165) is 24.5 Å². The van der Waals surface area contributed by atoms with E-state index in [2.05, 4.69) is 21.8 Å². The summed E-state index contributed by atoms with van der Waals surface area (Å²) in [4.78, 5) is 10.7. The molecular weight excluding hydrogens is 204 g/mol. The van der Waals surface area contributed by atoms with E-state index in [9.17, 15) is 0 Å². The number of hydrogen-bond donors (Lipinski definition) is 1. The van der Waals surface area contributed by atoms with Crippen LogP contribution in [-0.2, 0) is 11.3 Å². The molecule has 2 N–H and O–H groups in total. The van der Waals surface area contributed by atoms with Crippen LogP contribution in [0.2, 0.25) is 0 Å². The maximum Gasteiger partial charge on any atom is 0.147 e. The number of nitrogens with two attached hydrogens (primary N) is 1. The van der Waals surface area contributed by atoms with Crippen LogP contribution >= 0.6 is 0 Å². The highest BCUT2D eigenvalue weighted by Gasteiger charge is 2.28. The van der Waals surface area contributed by atoms with Crippen LogP contribution in [0.25, 0.3) is 0 Å². The SMILES string of the molecule is CC1OCCC1N(C)c1cnc(CN)cn1. The normalized spacial score (nSPS) is 24.7. The molecule has 2 unspecified atom stereocenters. The smallest absolute Gasteiger partial charge is 0.147 e. The van der Waals surface area contributed by atoms with Gasteiger partial charge in [0.15, 0.2) is 0 Å². The lowest BCUT2D eigenvalue weighted by molar-refractivity contribution is 0.118. The van der Waals surface area contributed by atoms with Crippen molar-refractivity contribution in [2.75, 3.05) is 18.6 Å². The predicted octanol–water partition coefficient (Wildman–Crippen LogP) is 0.549. The minimum absolute atomic E-state index is 0.251. The Morgan fingerprint density at radius 3 is 2.81 bits per heavy atom. The second-order valence-electron chi connectivity index (χ2n) is 4.11. The summed E-state index contributed by atoms with van der Waals surface area (Å²) < 4.78 is 5.54. The predicted molar refractivity (Wildman–Crippen MR) is 62.1 cm³/mol. The maximum atomic E-state index is 5.54. The molecule has 0 radical (unpaired) electrons. The second kappa shape index (κ2) is 4.76. The molecule has 1 aromatic rings. The molecule has 5 nitrogen and oxygen atoms in total. The van der Waals surface area contributed by atoms with Gasteiger partial charge in [0.05, 0.1) is 30.2 Å². The first-order valence-electron chi connectivity index (χ1n) is 5.58. The van der Waals surface area contributed by atoms with Gasteiger partial charge in [-0.05, 0) is 13.3 Å². The van der Waals surface area contributed by atoms with Crippen LogP contribution in [0, 0.1) is 0 Å². The fraction of sp³-hybridized carbons (Fsp3) is 0.636. The van der Waals surface area contributed by atoms with E-state index in [0.29, 0.717) is 12.6 Å². The van der Waals surface area contributed by atoms with Crippen LogP contribution in [0.3, 0.4) is 0 Å². The lowest BCUT2D eigenvalue weighted by Gasteiger charge is -2.27. The molecule has 2 heterocycles. The Labute approximate surface area is 95.6 Å².